The smallest absolute Gasteiger partial charge is 0.255 e. The Morgan fingerprint density at radius 2 is 2.24 bits per heavy atom. The lowest BCUT2D eigenvalue weighted by Gasteiger charge is -2.50. The molecule has 2 aliphatic heterocycles. The highest BCUT2D eigenvalue weighted by atomic mass is 16.5. The molecule has 1 aromatic heterocycles. The van der Waals surface area contributed by atoms with Crippen molar-refractivity contribution in [3.8, 4) is 0 Å². The Morgan fingerprint density at radius 1 is 1.40 bits per heavy atom. The molecule has 0 bridgehead atoms. The highest BCUT2D eigenvalue weighted by molar-refractivity contribution is 5.95. The van der Waals surface area contributed by atoms with Crippen molar-refractivity contribution in [3.63, 3.8) is 0 Å². The second-order valence-corrected chi connectivity index (χ2v) is 8.29. The summed E-state index contributed by atoms with van der Waals surface area (Å²) in [6.07, 6.45) is 5.93. The van der Waals surface area contributed by atoms with Gasteiger partial charge < -0.3 is 19.4 Å². The molecule has 5 nitrogen and oxygen atoms in total. The van der Waals surface area contributed by atoms with E-state index in [-0.39, 0.29) is 17.4 Å². The summed E-state index contributed by atoms with van der Waals surface area (Å²) in [4.78, 5) is 18.3. The van der Waals surface area contributed by atoms with Crippen LogP contribution in [0.5, 0.6) is 0 Å². The summed E-state index contributed by atoms with van der Waals surface area (Å²) in [7, 11) is 0. The first-order chi connectivity index (χ1) is 12.1. The minimum atomic E-state index is -0.0275. The number of fused-ring (bicyclic) bond motifs is 1. The lowest BCUT2D eigenvalue weighted by Crippen LogP contribution is -2.58. The van der Waals surface area contributed by atoms with Gasteiger partial charge in [-0.25, -0.2) is 0 Å². The molecule has 5 heteroatoms. The number of piperidine rings is 1. The molecule has 2 saturated heterocycles. The third-order valence-electron chi connectivity index (χ3n) is 6.10. The van der Waals surface area contributed by atoms with E-state index in [0.29, 0.717) is 0 Å². The van der Waals surface area contributed by atoms with Gasteiger partial charge in [0, 0.05) is 43.1 Å². The van der Waals surface area contributed by atoms with Crippen molar-refractivity contribution in [3.05, 3.63) is 23.0 Å². The van der Waals surface area contributed by atoms with Gasteiger partial charge in [-0.3, -0.25) is 4.79 Å². The fraction of sp³-hybridized carbons (Fsp3) is 0.750. The van der Waals surface area contributed by atoms with Gasteiger partial charge in [0.05, 0.1) is 18.3 Å². The number of carbonyl (C=O) groups is 1. The van der Waals surface area contributed by atoms with Gasteiger partial charge in [0.2, 0.25) is 0 Å². The monoisotopic (exact) mass is 346 g/mol. The Hall–Kier alpha value is -1.33. The summed E-state index contributed by atoms with van der Waals surface area (Å²) in [6.45, 7) is 7.95. The van der Waals surface area contributed by atoms with Gasteiger partial charge in [0.15, 0.2) is 0 Å². The molecule has 1 aromatic rings. The molecule has 1 saturated carbocycles. The number of likely N-dealkylation sites (tertiary alicyclic amines) is 1. The predicted octanol–water partition coefficient (Wildman–Crippen LogP) is 3.07. The van der Waals surface area contributed by atoms with E-state index >= 15 is 0 Å². The van der Waals surface area contributed by atoms with Crippen molar-refractivity contribution >= 4 is 5.91 Å². The Balaban J connectivity index is 1.48. The molecule has 2 atom stereocenters. The summed E-state index contributed by atoms with van der Waals surface area (Å²) in [6, 6.07) is 1.97. The van der Waals surface area contributed by atoms with Crippen LogP contribution >= 0.6 is 0 Å². The molecule has 4 rings (SSSR count). The van der Waals surface area contributed by atoms with Crippen LogP contribution in [-0.2, 0) is 9.47 Å². The van der Waals surface area contributed by atoms with Gasteiger partial charge in [-0.1, -0.05) is 0 Å². The number of amides is 1. The molecule has 0 aromatic carbocycles. The maximum Gasteiger partial charge on any atom is 0.255 e. The van der Waals surface area contributed by atoms with E-state index in [2.05, 4.69) is 4.98 Å². The lowest BCUT2D eigenvalue weighted by atomic mass is 9.73. The Bertz CT molecular complexity index is 637. The standard InChI is InChI=1S/C20H30N2O3/c1-14-10-17(15(2)21-14)19(23)22-8-6-18-20(12-22,7-3-9-25-18)13-24-11-16-4-5-16/h10,16,18,21H,3-9,11-13H2,1-2H3/t18-,20-/m1/s1. The molecule has 1 aliphatic carbocycles. The van der Waals surface area contributed by atoms with Crippen molar-refractivity contribution in [2.75, 3.05) is 32.9 Å². The van der Waals surface area contributed by atoms with E-state index in [1.807, 2.05) is 24.8 Å². The molecule has 25 heavy (non-hydrogen) atoms. The Labute approximate surface area is 150 Å². The first-order valence-corrected chi connectivity index (χ1v) is 9.72. The molecule has 3 fully saturated rings. The Morgan fingerprint density at radius 3 is 2.96 bits per heavy atom. The number of hydrogen-bond donors (Lipinski definition) is 1. The molecule has 0 spiro atoms. The van der Waals surface area contributed by atoms with E-state index < -0.39 is 0 Å². The summed E-state index contributed by atoms with van der Waals surface area (Å²) in [5.41, 5.74) is 2.78. The van der Waals surface area contributed by atoms with Crippen LogP contribution in [0, 0.1) is 25.2 Å². The number of ether oxygens (including phenoxy) is 2. The molecule has 1 amide bonds. The van der Waals surface area contributed by atoms with E-state index in [4.69, 9.17) is 9.47 Å². The highest BCUT2D eigenvalue weighted by Gasteiger charge is 2.47. The summed E-state index contributed by atoms with van der Waals surface area (Å²) < 4.78 is 12.2. The number of nitrogens with one attached hydrogen (secondary N) is 1. The van der Waals surface area contributed by atoms with Crippen LogP contribution in [0.1, 0.15) is 53.8 Å². The van der Waals surface area contributed by atoms with Crippen LogP contribution in [0.25, 0.3) is 0 Å². The van der Waals surface area contributed by atoms with E-state index in [1.54, 1.807) is 0 Å². The van der Waals surface area contributed by atoms with Crippen LogP contribution in [0.15, 0.2) is 6.07 Å². The van der Waals surface area contributed by atoms with Gasteiger partial charge in [0.1, 0.15) is 0 Å². The number of hydrogen-bond acceptors (Lipinski definition) is 3. The van der Waals surface area contributed by atoms with Crippen LogP contribution in [0.4, 0.5) is 0 Å². The first-order valence-electron chi connectivity index (χ1n) is 9.72. The van der Waals surface area contributed by atoms with Gasteiger partial charge in [-0.15, -0.1) is 0 Å². The summed E-state index contributed by atoms with van der Waals surface area (Å²) in [5, 5.41) is 0. The normalized spacial score (nSPS) is 29.5. The Kier molecular flexibility index (Phi) is 4.63. The SMILES string of the molecule is Cc1cc(C(=O)N2CC[C@H]3OCCC[C@]3(COCC3CC3)C2)c(C)[nH]1. The quantitative estimate of drug-likeness (QED) is 0.891. The minimum absolute atomic E-state index is 0.0275. The van der Waals surface area contributed by atoms with Crippen LogP contribution in [-0.4, -0.2) is 54.8 Å². The summed E-state index contributed by atoms with van der Waals surface area (Å²) in [5.74, 6) is 0.915. The molecular weight excluding hydrogens is 316 g/mol. The zero-order valence-electron chi connectivity index (χ0n) is 15.5. The van der Waals surface area contributed by atoms with Crippen LogP contribution in [0.3, 0.4) is 0 Å². The fourth-order valence-corrected chi connectivity index (χ4v) is 4.50. The predicted molar refractivity (Wildman–Crippen MR) is 95.7 cm³/mol. The topological polar surface area (TPSA) is 54.6 Å². The lowest BCUT2D eigenvalue weighted by molar-refractivity contribution is -0.147. The molecule has 0 unspecified atom stereocenters. The van der Waals surface area contributed by atoms with E-state index in [9.17, 15) is 4.79 Å². The van der Waals surface area contributed by atoms with Crippen LogP contribution < -0.4 is 0 Å². The van der Waals surface area contributed by atoms with Gasteiger partial charge in [-0.05, 0) is 57.9 Å². The van der Waals surface area contributed by atoms with Gasteiger partial charge >= 0.3 is 0 Å². The molecule has 3 aliphatic rings. The number of rotatable bonds is 5. The molecule has 3 heterocycles. The van der Waals surface area contributed by atoms with Gasteiger partial charge in [-0.2, -0.15) is 0 Å². The van der Waals surface area contributed by atoms with E-state index in [0.717, 1.165) is 75.0 Å². The zero-order valence-corrected chi connectivity index (χ0v) is 15.5. The van der Waals surface area contributed by atoms with Crippen molar-refractivity contribution in [1.82, 2.24) is 9.88 Å². The van der Waals surface area contributed by atoms with Crippen molar-refractivity contribution in [2.24, 2.45) is 11.3 Å². The molecule has 138 valence electrons. The molecular formula is C20H30N2O3. The molecule has 0 radical (unpaired) electrons. The maximum atomic E-state index is 13.1. The number of carbonyl (C=O) groups excluding carboxylic acids is 1. The first kappa shape index (κ1) is 17.1. The van der Waals surface area contributed by atoms with Crippen LogP contribution in [0.2, 0.25) is 0 Å². The second kappa shape index (κ2) is 6.76. The highest BCUT2D eigenvalue weighted by Crippen LogP contribution is 2.41. The van der Waals surface area contributed by atoms with Crippen molar-refractivity contribution in [2.45, 2.75) is 52.1 Å². The minimum Gasteiger partial charge on any atom is -0.380 e. The largest absolute Gasteiger partial charge is 0.380 e. The summed E-state index contributed by atoms with van der Waals surface area (Å²) >= 11 is 0. The number of aromatic nitrogens is 1. The fourth-order valence-electron chi connectivity index (χ4n) is 4.50. The van der Waals surface area contributed by atoms with E-state index in [1.165, 1.54) is 12.8 Å². The molecule has 1 N–H and O–H groups in total. The average Bonchev–Trinajstić information content (AvgIpc) is 3.36. The number of nitrogens with zero attached hydrogens (tertiary/aromatic N) is 1. The number of H-pyrrole nitrogens is 1. The number of aromatic amines is 1. The average molecular weight is 346 g/mol. The third kappa shape index (κ3) is 3.49. The van der Waals surface area contributed by atoms with Gasteiger partial charge in [0.25, 0.3) is 5.91 Å². The maximum absolute atomic E-state index is 13.1. The zero-order chi connectivity index (χ0) is 17.4. The third-order valence-corrected chi connectivity index (χ3v) is 6.10. The number of aryl methyl sites for hydroxylation is 2. The van der Waals surface area contributed by atoms with Crippen molar-refractivity contribution < 1.29 is 14.3 Å². The van der Waals surface area contributed by atoms with Crippen molar-refractivity contribution in [1.29, 1.82) is 0 Å². The second-order valence-electron chi connectivity index (χ2n) is 8.29.